The summed E-state index contributed by atoms with van der Waals surface area (Å²) >= 11 is 0. The molecule has 3 N–H and O–H groups in total. The van der Waals surface area contributed by atoms with Crippen molar-refractivity contribution in [2.45, 2.75) is 0 Å². The fourth-order valence-electron chi connectivity index (χ4n) is 1.59. The van der Waals surface area contributed by atoms with E-state index < -0.39 is 0 Å². The molecular formula is C10H8N4O. The van der Waals surface area contributed by atoms with E-state index in [1.807, 2.05) is 30.5 Å². The van der Waals surface area contributed by atoms with E-state index in [2.05, 4.69) is 15.2 Å². The van der Waals surface area contributed by atoms with Crippen LogP contribution in [0.15, 0.2) is 34.9 Å². The zero-order valence-electron chi connectivity index (χ0n) is 7.77. The number of benzene rings is 1. The quantitative estimate of drug-likeness (QED) is 0.627. The average Bonchev–Trinajstić information content (AvgIpc) is 2.83. The first kappa shape index (κ1) is 8.05. The number of hydrogen-bond donors (Lipinski definition) is 2. The summed E-state index contributed by atoms with van der Waals surface area (Å²) in [6, 6.07) is 7.97. The van der Waals surface area contributed by atoms with Crippen LogP contribution in [-0.4, -0.2) is 15.2 Å². The van der Waals surface area contributed by atoms with Crippen molar-refractivity contribution in [3.63, 3.8) is 0 Å². The van der Waals surface area contributed by atoms with Crippen molar-refractivity contribution in [3.8, 4) is 11.5 Å². The van der Waals surface area contributed by atoms with E-state index in [0.29, 0.717) is 5.89 Å². The van der Waals surface area contributed by atoms with Gasteiger partial charge in [-0.15, -0.1) is 5.10 Å². The Kier molecular flexibility index (Phi) is 1.53. The maximum atomic E-state index is 5.38. The first-order valence-corrected chi connectivity index (χ1v) is 4.50. The van der Waals surface area contributed by atoms with Gasteiger partial charge in [0.1, 0.15) is 0 Å². The third-order valence-corrected chi connectivity index (χ3v) is 2.26. The standard InChI is InChI=1S/C10H8N4O/c11-10-14-13-9(15-10)7-5-12-8-4-2-1-3-6(7)8/h1-5,12H,(H2,11,14). The zero-order chi connectivity index (χ0) is 10.3. The topological polar surface area (TPSA) is 80.7 Å². The van der Waals surface area contributed by atoms with Crippen molar-refractivity contribution in [1.29, 1.82) is 0 Å². The summed E-state index contributed by atoms with van der Waals surface area (Å²) in [5, 5.41) is 8.52. The molecule has 0 aliphatic rings. The Labute approximate surface area is 84.9 Å². The summed E-state index contributed by atoms with van der Waals surface area (Å²) in [5.74, 6) is 0.435. The predicted octanol–water partition coefficient (Wildman–Crippen LogP) is 1.80. The monoisotopic (exact) mass is 200 g/mol. The normalized spacial score (nSPS) is 10.9. The van der Waals surface area contributed by atoms with Gasteiger partial charge in [0.25, 0.3) is 5.89 Å². The van der Waals surface area contributed by atoms with Crippen molar-refractivity contribution >= 4 is 16.9 Å². The molecule has 15 heavy (non-hydrogen) atoms. The first-order chi connectivity index (χ1) is 7.34. The van der Waals surface area contributed by atoms with Gasteiger partial charge in [-0.25, -0.2) is 0 Å². The number of anilines is 1. The van der Waals surface area contributed by atoms with Crippen LogP contribution in [0.2, 0.25) is 0 Å². The van der Waals surface area contributed by atoms with Gasteiger partial charge in [0.2, 0.25) is 0 Å². The number of rotatable bonds is 1. The maximum Gasteiger partial charge on any atom is 0.313 e. The number of H-pyrrole nitrogens is 1. The molecule has 1 aromatic carbocycles. The molecule has 3 aromatic rings. The molecule has 5 heteroatoms. The van der Waals surface area contributed by atoms with Gasteiger partial charge in [0.05, 0.1) is 5.56 Å². The molecular weight excluding hydrogens is 192 g/mol. The lowest BCUT2D eigenvalue weighted by Crippen LogP contribution is -1.81. The van der Waals surface area contributed by atoms with E-state index in [-0.39, 0.29) is 6.01 Å². The lowest BCUT2D eigenvalue weighted by Gasteiger charge is -1.90. The number of para-hydroxylation sites is 1. The van der Waals surface area contributed by atoms with Gasteiger partial charge < -0.3 is 15.1 Å². The van der Waals surface area contributed by atoms with Gasteiger partial charge in [-0.1, -0.05) is 23.3 Å². The van der Waals surface area contributed by atoms with Crippen molar-refractivity contribution in [1.82, 2.24) is 15.2 Å². The van der Waals surface area contributed by atoms with Crippen LogP contribution < -0.4 is 5.73 Å². The van der Waals surface area contributed by atoms with Crippen LogP contribution in [0.5, 0.6) is 0 Å². The van der Waals surface area contributed by atoms with Crippen LogP contribution >= 0.6 is 0 Å². The Balaban J connectivity index is 2.27. The Bertz CT molecular complexity index is 610. The molecule has 0 bridgehead atoms. The summed E-state index contributed by atoms with van der Waals surface area (Å²) in [4.78, 5) is 3.13. The zero-order valence-corrected chi connectivity index (χ0v) is 7.77. The van der Waals surface area contributed by atoms with Crippen LogP contribution in [0.25, 0.3) is 22.4 Å². The SMILES string of the molecule is Nc1nnc(-c2c[nH]c3ccccc23)o1. The Morgan fingerprint density at radius 1 is 1.20 bits per heavy atom. The number of hydrogen-bond acceptors (Lipinski definition) is 4. The number of fused-ring (bicyclic) bond motifs is 1. The Hall–Kier alpha value is -2.30. The second kappa shape index (κ2) is 2.84. The molecule has 0 spiro atoms. The number of nitrogens with one attached hydrogen (secondary N) is 1. The van der Waals surface area contributed by atoms with E-state index in [1.165, 1.54) is 0 Å². The fraction of sp³-hybridized carbons (Fsp3) is 0. The predicted molar refractivity (Wildman–Crippen MR) is 56.0 cm³/mol. The summed E-state index contributed by atoms with van der Waals surface area (Å²) < 4.78 is 5.17. The minimum atomic E-state index is 0.0790. The number of nitrogens with zero attached hydrogens (tertiary/aromatic N) is 2. The third kappa shape index (κ3) is 1.17. The van der Waals surface area contributed by atoms with E-state index >= 15 is 0 Å². The number of aromatic nitrogens is 3. The molecule has 0 atom stereocenters. The highest BCUT2D eigenvalue weighted by Crippen LogP contribution is 2.27. The Morgan fingerprint density at radius 3 is 2.87 bits per heavy atom. The van der Waals surface area contributed by atoms with Gasteiger partial charge in [-0.2, -0.15) is 0 Å². The second-order valence-electron chi connectivity index (χ2n) is 3.19. The molecule has 0 radical (unpaired) electrons. The number of aromatic amines is 1. The van der Waals surface area contributed by atoms with Gasteiger partial charge in [0, 0.05) is 17.1 Å². The molecule has 0 aliphatic carbocycles. The lowest BCUT2D eigenvalue weighted by molar-refractivity contribution is 0.591. The van der Waals surface area contributed by atoms with Crippen LogP contribution in [-0.2, 0) is 0 Å². The first-order valence-electron chi connectivity index (χ1n) is 4.50. The van der Waals surface area contributed by atoms with Gasteiger partial charge in [0.15, 0.2) is 0 Å². The minimum absolute atomic E-state index is 0.0790. The molecule has 2 aromatic heterocycles. The molecule has 0 amide bonds. The highest BCUT2D eigenvalue weighted by Gasteiger charge is 2.11. The van der Waals surface area contributed by atoms with E-state index in [4.69, 9.17) is 10.2 Å². The molecule has 5 nitrogen and oxygen atoms in total. The maximum absolute atomic E-state index is 5.38. The van der Waals surface area contributed by atoms with Crippen molar-refractivity contribution in [3.05, 3.63) is 30.5 Å². The summed E-state index contributed by atoms with van der Waals surface area (Å²) in [6.07, 6.45) is 1.83. The van der Waals surface area contributed by atoms with Gasteiger partial charge in [-0.05, 0) is 6.07 Å². The second-order valence-corrected chi connectivity index (χ2v) is 3.19. The van der Waals surface area contributed by atoms with Crippen molar-refractivity contribution in [2.24, 2.45) is 0 Å². The van der Waals surface area contributed by atoms with E-state index in [1.54, 1.807) is 0 Å². The van der Waals surface area contributed by atoms with Crippen LogP contribution in [0.1, 0.15) is 0 Å². The Morgan fingerprint density at radius 2 is 2.07 bits per heavy atom. The molecule has 3 rings (SSSR count). The fourth-order valence-corrected chi connectivity index (χ4v) is 1.59. The van der Waals surface area contributed by atoms with Crippen LogP contribution in [0.3, 0.4) is 0 Å². The molecule has 0 saturated heterocycles. The lowest BCUT2D eigenvalue weighted by atomic mass is 10.2. The van der Waals surface area contributed by atoms with Crippen LogP contribution in [0, 0.1) is 0 Å². The number of nitrogen functional groups attached to an aromatic ring is 1. The molecule has 0 saturated carbocycles. The molecule has 0 fully saturated rings. The minimum Gasteiger partial charge on any atom is -0.403 e. The largest absolute Gasteiger partial charge is 0.403 e. The van der Waals surface area contributed by atoms with Crippen LogP contribution in [0.4, 0.5) is 6.01 Å². The average molecular weight is 200 g/mol. The highest BCUT2D eigenvalue weighted by atomic mass is 16.4. The van der Waals surface area contributed by atoms with Crippen molar-refractivity contribution < 1.29 is 4.42 Å². The summed E-state index contributed by atoms with van der Waals surface area (Å²) in [5.41, 5.74) is 7.28. The van der Waals surface area contributed by atoms with Gasteiger partial charge in [-0.3, -0.25) is 0 Å². The van der Waals surface area contributed by atoms with E-state index in [0.717, 1.165) is 16.5 Å². The summed E-state index contributed by atoms with van der Waals surface area (Å²) in [7, 11) is 0. The van der Waals surface area contributed by atoms with Gasteiger partial charge >= 0.3 is 6.01 Å². The number of nitrogens with two attached hydrogens (primary N) is 1. The highest BCUT2D eigenvalue weighted by molar-refractivity contribution is 5.93. The smallest absolute Gasteiger partial charge is 0.313 e. The summed E-state index contributed by atoms with van der Waals surface area (Å²) in [6.45, 7) is 0. The molecule has 0 aliphatic heterocycles. The molecule has 74 valence electrons. The molecule has 0 unspecified atom stereocenters. The van der Waals surface area contributed by atoms with E-state index in [9.17, 15) is 0 Å². The van der Waals surface area contributed by atoms with Crippen molar-refractivity contribution in [2.75, 3.05) is 5.73 Å². The molecule has 2 heterocycles. The third-order valence-electron chi connectivity index (χ3n) is 2.26.